The minimum absolute atomic E-state index is 0.140. The number of hydrogen-bond acceptors (Lipinski definition) is 3. The third kappa shape index (κ3) is 5.81. The standard InChI is InChI=1S/C60H44N4/c61-37-39-18-20-42(21-19-39)45-14-9-15-49(30-45)60-35-40-28-50(60)36-59(34-40,38-60)48-25-27-53-52-26-24-47(31-56(52)64(57(53)32-48)51-16-5-2-6-17-51)55-33-54(62-58(63-55)43-11-3-1-4-12-43)46-23-22-41-10-7-8-13-44(41)29-46/h1-27,29-33,40,50H,28,34-36,38H2. The molecule has 0 radical (unpaired) electrons. The van der Waals surface area contributed by atoms with E-state index in [2.05, 4.69) is 187 Å². The van der Waals surface area contributed by atoms with Crippen molar-refractivity contribution >= 4 is 32.6 Å². The van der Waals surface area contributed by atoms with E-state index in [0.717, 1.165) is 39.7 Å². The van der Waals surface area contributed by atoms with Crippen molar-refractivity contribution in [3.05, 3.63) is 211 Å². The van der Waals surface area contributed by atoms with Gasteiger partial charge in [-0.25, -0.2) is 9.97 Å². The van der Waals surface area contributed by atoms with E-state index in [1.165, 1.54) is 86.9 Å². The van der Waals surface area contributed by atoms with Gasteiger partial charge in [0.1, 0.15) is 0 Å². The lowest BCUT2D eigenvalue weighted by Gasteiger charge is -2.42. The molecule has 4 aliphatic rings. The smallest absolute Gasteiger partial charge is 0.160 e. The molecule has 0 saturated heterocycles. The normalized spacial score (nSPS) is 20.9. The first-order chi connectivity index (χ1) is 31.5. The van der Waals surface area contributed by atoms with Crippen LogP contribution in [-0.4, -0.2) is 14.5 Å². The lowest BCUT2D eigenvalue weighted by Crippen LogP contribution is -2.35. The van der Waals surface area contributed by atoms with Crippen molar-refractivity contribution < 1.29 is 0 Å². The summed E-state index contributed by atoms with van der Waals surface area (Å²) in [5.74, 6) is 2.12. The first kappa shape index (κ1) is 37.0. The van der Waals surface area contributed by atoms with Crippen LogP contribution >= 0.6 is 0 Å². The first-order valence-corrected chi connectivity index (χ1v) is 22.7. The second kappa shape index (κ2) is 14.2. The number of nitrogens with zero attached hydrogens (tertiary/aromatic N) is 4. The first-order valence-electron chi connectivity index (χ1n) is 22.7. The fourth-order valence-electron chi connectivity index (χ4n) is 12.6. The molecular formula is C60H44N4. The van der Waals surface area contributed by atoms with E-state index < -0.39 is 0 Å². The fourth-order valence-corrected chi connectivity index (χ4v) is 12.6. The molecule has 4 heteroatoms. The molecule has 4 bridgehead atoms. The van der Waals surface area contributed by atoms with Gasteiger partial charge >= 0.3 is 0 Å². The number of fused-ring (bicyclic) bond motifs is 4. The maximum atomic E-state index is 9.41. The average molecular weight is 821 g/mol. The molecule has 4 nitrogen and oxygen atoms in total. The van der Waals surface area contributed by atoms with Gasteiger partial charge in [0, 0.05) is 33.2 Å². The second-order valence-electron chi connectivity index (χ2n) is 18.8. The Morgan fingerprint density at radius 1 is 0.500 bits per heavy atom. The minimum atomic E-state index is 0.140. The van der Waals surface area contributed by atoms with Crippen LogP contribution in [0.3, 0.4) is 0 Å². The number of nitriles is 1. The van der Waals surface area contributed by atoms with E-state index in [1.54, 1.807) is 0 Å². The Bertz CT molecular complexity index is 3510. The van der Waals surface area contributed by atoms with Gasteiger partial charge in [-0.15, -0.1) is 0 Å². The zero-order valence-corrected chi connectivity index (χ0v) is 35.5. The Kier molecular flexibility index (Phi) is 8.21. The predicted molar refractivity (Wildman–Crippen MR) is 260 cm³/mol. The Balaban J connectivity index is 0.935. The van der Waals surface area contributed by atoms with E-state index in [9.17, 15) is 5.26 Å². The lowest BCUT2D eigenvalue weighted by molar-refractivity contribution is 0.220. The van der Waals surface area contributed by atoms with Crippen LogP contribution < -0.4 is 0 Å². The molecule has 4 saturated carbocycles. The van der Waals surface area contributed by atoms with E-state index in [1.807, 2.05) is 18.2 Å². The summed E-state index contributed by atoms with van der Waals surface area (Å²) in [6.45, 7) is 0. The van der Waals surface area contributed by atoms with Crippen LogP contribution in [0.25, 0.3) is 83.3 Å². The van der Waals surface area contributed by atoms with Gasteiger partial charge in [-0.2, -0.15) is 5.26 Å². The summed E-state index contributed by atoms with van der Waals surface area (Å²) in [5.41, 5.74) is 14.9. The summed E-state index contributed by atoms with van der Waals surface area (Å²) >= 11 is 0. The summed E-state index contributed by atoms with van der Waals surface area (Å²) in [5, 5.41) is 14.3. The van der Waals surface area contributed by atoms with Crippen molar-refractivity contribution in [2.75, 3.05) is 0 Å². The van der Waals surface area contributed by atoms with E-state index in [-0.39, 0.29) is 10.8 Å². The van der Waals surface area contributed by atoms with Gasteiger partial charge in [-0.3, -0.25) is 0 Å². The Labute approximate surface area is 373 Å². The molecule has 0 aliphatic heterocycles. The van der Waals surface area contributed by atoms with Crippen molar-refractivity contribution in [3.8, 4) is 56.8 Å². The molecule has 4 aliphatic carbocycles. The number of hydrogen-bond donors (Lipinski definition) is 0. The molecule has 4 atom stereocenters. The summed E-state index contributed by atoms with van der Waals surface area (Å²) in [6.07, 6.45) is 6.30. The molecule has 0 N–H and O–H groups in total. The lowest BCUT2D eigenvalue weighted by atomic mass is 9.62. The summed E-state index contributed by atoms with van der Waals surface area (Å²) in [7, 11) is 0. The van der Waals surface area contributed by atoms with Crippen molar-refractivity contribution in [1.82, 2.24) is 14.5 Å². The molecule has 14 rings (SSSR count). The fraction of sp³-hybridized carbons (Fsp3) is 0.150. The summed E-state index contributed by atoms with van der Waals surface area (Å²) in [6, 6.07) is 72.5. The molecule has 2 aromatic heterocycles. The maximum absolute atomic E-state index is 9.41. The van der Waals surface area contributed by atoms with E-state index >= 15 is 0 Å². The Morgan fingerprint density at radius 3 is 1.97 bits per heavy atom. The number of benzene rings is 8. The van der Waals surface area contributed by atoms with Gasteiger partial charge in [0.15, 0.2) is 5.82 Å². The highest BCUT2D eigenvalue weighted by Crippen LogP contribution is 2.71. The maximum Gasteiger partial charge on any atom is 0.160 e. The number of para-hydroxylation sites is 1. The van der Waals surface area contributed by atoms with Gasteiger partial charge in [0.25, 0.3) is 0 Å². The van der Waals surface area contributed by atoms with Crippen LogP contribution in [0.1, 0.15) is 48.8 Å². The average Bonchev–Trinajstić information content (AvgIpc) is 3.92. The molecule has 2 heterocycles. The molecule has 10 aromatic rings. The third-order valence-electron chi connectivity index (χ3n) is 15.3. The highest BCUT2D eigenvalue weighted by molar-refractivity contribution is 6.10. The predicted octanol–water partition coefficient (Wildman–Crippen LogP) is 14.7. The molecule has 0 amide bonds. The number of aromatic nitrogens is 3. The van der Waals surface area contributed by atoms with E-state index in [4.69, 9.17) is 9.97 Å². The van der Waals surface area contributed by atoms with Gasteiger partial charge in [0.2, 0.25) is 0 Å². The number of rotatable bonds is 7. The summed E-state index contributed by atoms with van der Waals surface area (Å²) in [4.78, 5) is 10.4. The minimum Gasteiger partial charge on any atom is -0.309 e. The van der Waals surface area contributed by atoms with Crippen molar-refractivity contribution in [2.24, 2.45) is 11.8 Å². The van der Waals surface area contributed by atoms with E-state index in [0.29, 0.717) is 17.3 Å². The SMILES string of the molecule is N#Cc1ccc(-c2cccc(C34CC5CC3CC(c3ccc6c7ccc(-c8cc(-c9ccc%10ccccc%10c9)nc(-c9ccccc9)n8)cc7n(-c7ccccc7)c6c3)(C5)C4)c2)cc1. The Hall–Kier alpha value is -7.61. The topological polar surface area (TPSA) is 54.5 Å². The van der Waals surface area contributed by atoms with Crippen LogP contribution in [-0.2, 0) is 10.8 Å². The summed E-state index contributed by atoms with van der Waals surface area (Å²) < 4.78 is 2.49. The van der Waals surface area contributed by atoms with Crippen LogP contribution in [0.2, 0.25) is 0 Å². The second-order valence-corrected chi connectivity index (χ2v) is 18.8. The van der Waals surface area contributed by atoms with Crippen LogP contribution in [0, 0.1) is 23.2 Å². The zero-order valence-electron chi connectivity index (χ0n) is 35.5. The molecule has 8 aromatic carbocycles. The molecule has 4 fully saturated rings. The van der Waals surface area contributed by atoms with Crippen molar-refractivity contribution in [1.29, 1.82) is 5.26 Å². The van der Waals surface area contributed by atoms with Crippen molar-refractivity contribution in [3.63, 3.8) is 0 Å². The third-order valence-corrected chi connectivity index (χ3v) is 15.3. The Morgan fingerprint density at radius 2 is 1.17 bits per heavy atom. The van der Waals surface area contributed by atoms with Gasteiger partial charge < -0.3 is 4.57 Å². The van der Waals surface area contributed by atoms with Crippen molar-refractivity contribution in [2.45, 2.75) is 42.9 Å². The zero-order chi connectivity index (χ0) is 42.4. The van der Waals surface area contributed by atoms with Gasteiger partial charge in [0.05, 0.1) is 34.1 Å². The highest BCUT2D eigenvalue weighted by atomic mass is 15.0. The monoisotopic (exact) mass is 820 g/mol. The quantitative estimate of drug-likeness (QED) is 0.161. The molecule has 4 unspecified atom stereocenters. The molecular weight excluding hydrogens is 777 g/mol. The van der Waals surface area contributed by atoms with Crippen LogP contribution in [0.5, 0.6) is 0 Å². The van der Waals surface area contributed by atoms with Gasteiger partial charge in [-0.05, 0) is 136 Å². The highest BCUT2D eigenvalue weighted by Gasteiger charge is 2.64. The molecule has 0 spiro atoms. The molecule has 64 heavy (non-hydrogen) atoms. The molecule has 304 valence electrons. The van der Waals surface area contributed by atoms with Crippen LogP contribution in [0.15, 0.2) is 194 Å². The van der Waals surface area contributed by atoms with Crippen LogP contribution in [0.4, 0.5) is 0 Å². The van der Waals surface area contributed by atoms with Gasteiger partial charge in [-0.1, -0.05) is 146 Å². The largest absolute Gasteiger partial charge is 0.309 e.